The lowest BCUT2D eigenvalue weighted by atomic mass is 10.0. The van der Waals surface area contributed by atoms with Gasteiger partial charge in [-0.05, 0) is 12.1 Å². The van der Waals surface area contributed by atoms with Gasteiger partial charge >= 0.3 is 0 Å². The van der Waals surface area contributed by atoms with E-state index in [-0.39, 0.29) is 11.8 Å². The molecular formula is C13H14N2O2. The van der Waals surface area contributed by atoms with Crippen LogP contribution >= 0.6 is 0 Å². The molecule has 1 saturated heterocycles. The van der Waals surface area contributed by atoms with Crippen LogP contribution in [0.2, 0.25) is 0 Å². The van der Waals surface area contributed by atoms with E-state index in [1.807, 2.05) is 6.07 Å². The number of morpholine rings is 1. The third-order valence-corrected chi connectivity index (χ3v) is 2.77. The van der Waals surface area contributed by atoms with Gasteiger partial charge in [-0.3, -0.25) is 4.79 Å². The van der Waals surface area contributed by atoms with Crippen molar-refractivity contribution in [2.24, 2.45) is 0 Å². The van der Waals surface area contributed by atoms with Crippen molar-refractivity contribution in [1.29, 1.82) is 5.26 Å². The van der Waals surface area contributed by atoms with Gasteiger partial charge < -0.3 is 10.1 Å². The highest BCUT2D eigenvalue weighted by atomic mass is 16.5. The first-order valence-corrected chi connectivity index (χ1v) is 5.64. The van der Waals surface area contributed by atoms with E-state index in [0.717, 1.165) is 6.54 Å². The van der Waals surface area contributed by atoms with Gasteiger partial charge in [0, 0.05) is 24.6 Å². The van der Waals surface area contributed by atoms with Gasteiger partial charge in [-0.25, -0.2) is 0 Å². The van der Waals surface area contributed by atoms with Crippen molar-refractivity contribution in [3.8, 4) is 6.07 Å². The number of hydrogen-bond acceptors (Lipinski definition) is 4. The SMILES string of the molecule is N#Cc1ccc(C(=O)CC2COCCN2)cc1. The quantitative estimate of drug-likeness (QED) is 0.790. The number of nitrogens with one attached hydrogen (secondary N) is 1. The van der Waals surface area contributed by atoms with Crippen LogP contribution in [0.3, 0.4) is 0 Å². The molecule has 2 rings (SSSR count). The molecule has 0 amide bonds. The molecule has 1 unspecified atom stereocenters. The van der Waals surface area contributed by atoms with Gasteiger partial charge in [-0.2, -0.15) is 5.26 Å². The molecule has 1 N–H and O–H groups in total. The first-order valence-electron chi connectivity index (χ1n) is 5.64. The predicted molar refractivity (Wildman–Crippen MR) is 62.7 cm³/mol. The Labute approximate surface area is 100 Å². The van der Waals surface area contributed by atoms with E-state index < -0.39 is 0 Å². The maximum absolute atomic E-state index is 11.9. The summed E-state index contributed by atoms with van der Waals surface area (Å²) in [6.07, 6.45) is 0.436. The number of hydrogen-bond donors (Lipinski definition) is 1. The smallest absolute Gasteiger partial charge is 0.164 e. The fourth-order valence-electron chi connectivity index (χ4n) is 1.82. The molecule has 0 bridgehead atoms. The average Bonchev–Trinajstić information content (AvgIpc) is 2.40. The summed E-state index contributed by atoms with van der Waals surface area (Å²) in [5, 5.41) is 11.9. The third kappa shape index (κ3) is 3.13. The van der Waals surface area contributed by atoms with Gasteiger partial charge in [0.2, 0.25) is 0 Å². The first kappa shape index (κ1) is 11.8. The molecule has 88 valence electrons. The average molecular weight is 230 g/mol. The summed E-state index contributed by atoms with van der Waals surface area (Å²) in [6, 6.07) is 8.86. The highest BCUT2D eigenvalue weighted by Gasteiger charge is 2.17. The van der Waals surface area contributed by atoms with Gasteiger partial charge in [0.1, 0.15) is 0 Å². The fourth-order valence-corrected chi connectivity index (χ4v) is 1.82. The molecule has 0 spiro atoms. The molecule has 0 radical (unpaired) electrons. The number of rotatable bonds is 3. The summed E-state index contributed by atoms with van der Waals surface area (Å²) in [5.74, 6) is 0.0810. The highest BCUT2D eigenvalue weighted by Crippen LogP contribution is 2.09. The number of ketones is 1. The largest absolute Gasteiger partial charge is 0.378 e. The van der Waals surface area contributed by atoms with Crippen molar-refractivity contribution in [2.75, 3.05) is 19.8 Å². The number of Topliss-reactive ketones (excluding diaryl/α,β-unsaturated/α-hetero) is 1. The van der Waals surface area contributed by atoms with Gasteiger partial charge in [-0.1, -0.05) is 12.1 Å². The van der Waals surface area contributed by atoms with Crippen molar-refractivity contribution in [2.45, 2.75) is 12.5 Å². The van der Waals surface area contributed by atoms with Crippen molar-refractivity contribution in [1.82, 2.24) is 5.32 Å². The summed E-state index contributed by atoms with van der Waals surface area (Å²) in [4.78, 5) is 11.9. The van der Waals surface area contributed by atoms with Crippen LogP contribution in [0, 0.1) is 11.3 Å². The van der Waals surface area contributed by atoms with E-state index in [9.17, 15) is 4.79 Å². The predicted octanol–water partition coefficient (Wildman–Crippen LogP) is 1.12. The molecule has 0 saturated carbocycles. The summed E-state index contributed by atoms with van der Waals surface area (Å²) in [6.45, 7) is 2.09. The molecule has 0 aliphatic carbocycles. The van der Waals surface area contributed by atoms with Gasteiger partial charge in [-0.15, -0.1) is 0 Å². The highest BCUT2D eigenvalue weighted by molar-refractivity contribution is 5.96. The molecule has 1 aliphatic heterocycles. The zero-order valence-electron chi connectivity index (χ0n) is 9.48. The van der Waals surface area contributed by atoms with Crippen molar-refractivity contribution in [3.05, 3.63) is 35.4 Å². The summed E-state index contributed by atoms with van der Waals surface area (Å²) < 4.78 is 5.30. The lowest BCUT2D eigenvalue weighted by Gasteiger charge is -2.23. The number of carbonyl (C=O) groups is 1. The van der Waals surface area contributed by atoms with Crippen LogP contribution in [-0.4, -0.2) is 31.6 Å². The minimum absolute atomic E-state index is 0.0810. The van der Waals surface area contributed by atoms with Gasteiger partial charge in [0.15, 0.2) is 5.78 Å². The molecule has 4 heteroatoms. The zero-order valence-corrected chi connectivity index (χ0v) is 9.48. The van der Waals surface area contributed by atoms with Crippen LogP contribution in [0.5, 0.6) is 0 Å². The van der Waals surface area contributed by atoms with Crippen molar-refractivity contribution in [3.63, 3.8) is 0 Å². The van der Waals surface area contributed by atoms with E-state index in [2.05, 4.69) is 5.32 Å². The summed E-state index contributed by atoms with van der Waals surface area (Å²) in [5.41, 5.74) is 1.22. The van der Waals surface area contributed by atoms with E-state index in [1.54, 1.807) is 24.3 Å². The lowest BCUT2D eigenvalue weighted by Crippen LogP contribution is -2.42. The molecule has 17 heavy (non-hydrogen) atoms. The second kappa shape index (κ2) is 5.58. The maximum atomic E-state index is 11.9. The Morgan fingerprint density at radius 3 is 2.82 bits per heavy atom. The normalized spacial score (nSPS) is 19.6. The zero-order chi connectivity index (χ0) is 12.1. The van der Waals surface area contributed by atoms with Gasteiger partial charge in [0.05, 0.1) is 24.8 Å². The van der Waals surface area contributed by atoms with Gasteiger partial charge in [0.25, 0.3) is 0 Å². The first-order chi connectivity index (χ1) is 8.29. The second-order valence-corrected chi connectivity index (χ2v) is 4.04. The van der Waals surface area contributed by atoms with Crippen LogP contribution in [0.15, 0.2) is 24.3 Å². The number of nitriles is 1. The van der Waals surface area contributed by atoms with Crippen molar-refractivity contribution < 1.29 is 9.53 Å². The van der Waals surface area contributed by atoms with Crippen LogP contribution < -0.4 is 5.32 Å². The lowest BCUT2D eigenvalue weighted by molar-refractivity contribution is 0.0676. The molecule has 1 atom stereocenters. The van der Waals surface area contributed by atoms with E-state index in [4.69, 9.17) is 10.00 Å². The number of benzene rings is 1. The van der Waals surface area contributed by atoms with Crippen LogP contribution in [0.4, 0.5) is 0 Å². The molecule has 0 aromatic heterocycles. The van der Waals surface area contributed by atoms with E-state index in [0.29, 0.717) is 30.8 Å². The van der Waals surface area contributed by atoms with E-state index in [1.165, 1.54) is 0 Å². The van der Waals surface area contributed by atoms with Crippen LogP contribution in [0.1, 0.15) is 22.3 Å². The third-order valence-electron chi connectivity index (χ3n) is 2.77. The van der Waals surface area contributed by atoms with Crippen LogP contribution in [0.25, 0.3) is 0 Å². The Hall–Kier alpha value is -1.70. The number of carbonyl (C=O) groups excluding carboxylic acids is 1. The summed E-state index contributed by atoms with van der Waals surface area (Å²) >= 11 is 0. The number of ether oxygens (including phenoxy) is 1. The molecule has 1 fully saturated rings. The van der Waals surface area contributed by atoms with Crippen LogP contribution in [-0.2, 0) is 4.74 Å². The second-order valence-electron chi connectivity index (χ2n) is 4.04. The Balaban J connectivity index is 1.96. The standard InChI is InChI=1S/C13H14N2O2/c14-8-10-1-3-11(4-2-10)13(16)7-12-9-17-6-5-15-12/h1-4,12,15H,5-7,9H2. The topological polar surface area (TPSA) is 62.1 Å². The summed E-state index contributed by atoms with van der Waals surface area (Å²) in [7, 11) is 0. The van der Waals surface area contributed by atoms with E-state index >= 15 is 0 Å². The Morgan fingerprint density at radius 1 is 1.47 bits per heavy atom. The molecule has 1 aromatic rings. The number of nitrogens with zero attached hydrogens (tertiary/aromatic N) is 1. The molecule has 4 nitrogen and oxygen atoms in total. The van der Waals surface area contributed by atoms with Crippen molar-refractivity contribution >= 4 is 5.78 Å². The Morgan fingerprint density at radius 2 is 2.24 bits per heavy atom. The molecule has 1 aliphatic rings. The Bertz CT molecular complexity index is 428. The fraction of sp³-hybridized carbons (Fsp3) is 0.385. The molecule has 1 aromatic carbocycles. The molecule has 1 heterocycles. The minimum Gasteiger partial charge on any atom is -0.378 e. The monoisotopic (exact) mass is 230 g/mol. The Kier molecular flexibility index (Phi) is 3.86. The maximum Gasteiger partial charge on any atom is 0.164 e. The molecular weight excluding hydrogens is 216 g/mol. The minimum atomic E-state index is 0.0810.